The van der Waals surface area contributed by atoms with E-state index in [-0.39, 0.29) is 11.8 Å². The van der Waals surface area contributed by atoms with E-state index in [1.165, 1.54) is 5.56 Å². The summed E-state index contributed by atoms with van der Waals surface area (Å²) < 4.78 is 1.04. The van der Waals surface area contributed by atoms with Gasteiger partial charge in [-0.1, -0.05) is 24.2 Å². The lowest BCUT2D eigenvalue weighted by Gasteiger charge is -2.14. The molecule has 0 fully saturated rings. The van der Waals surface area contributed by atoms with Gasteiger partial charge in [-0.3, -0.25) is 0 Å². The van der Waals surface area contributed by atoms with Crippen LogP contribution in [0.4, 0.5) is 5.69 Å². The maximum Gasteiger partial charge on any atom is 0.143 e. The van der Waals surface area contributed by atoms with Gasteiger partial charge >= 0.3 is 0 Å². The number of nitrogens with zero attached hydrogens (tertiary/aromatic N) is 1. The quantitative estimate of drug-likeness (QED) is 0.345. The van der Waals surface area contributed by atoms with E-state index in [2.05, 4.69) is 26.4 Å². The highest BCUT2D eigenvalue weighted by molar-refractivity contribution is 9.10. The first kappa shape index (κ1) is 12.8. The summed E-state index contributed by atoms with van der Waals surface area (Å²) in [5.74, 6) is 0.216. The van der Waals surface area contributed by atoms with Gasteiger partial charge in [0.2, 0.25) is 0 Å². The first-order valence-corrected chi connectivity index (χ1v) is 5.82. The van der Waals surface area contributed by atoms with Crippen LogP contribution in [0.3, 0.4) is 0 Å². The fraction of sp³-hybridized carbons (Fsp3) is 0.364. The van der Waals surface area contributed by atoms with Crippen molar-refractivity contribution < 1.29 is 5.21 Å². The largest absolute Gasteiger partial charge is 0.409 e. The highest BCUT2D eigenvalue weighted by Gasteiger charge is 2.08. The van der Waals surface area contributed by atoms with Crippen molar-refractivity contribution in [1.82, 2.24) is 0 Å². The smallest absolute Gasteiger partial charge is 0.143 e. The second kappa shape index (κ2) is 5.75. The zero-order chi connectivity index (χ0) is 12.1. The molecule has 5 heteroatoms. The number of benzene rings is 1. The highest BCUT2D eigenvalue weighted by atomic mass is 79.9. The number of anilines is 1. The van der Waals surface area contributed by atoms with Crippen molar-refractivity contribution in [3.05, 3.63) is 28.2 Å². The number of rotatable bonds is 4. The Kier molecular flexibility index (Phi) is 4.61. The van der Waals surface area contributed by atoms with Gasteiger partial charge in [-0.05, 0) is 34.5 Å². The Labute approximate surface area is 104 Å². The molecular weight excluding hydrogens is 270 g/mol. The second-order valence-electron chi connectivity index (χ2n) is 3.74. The molecule has 1 atom stereocenters. The van der Waals surface area contributed by atoms with Crippen LogP contribution in [-0.4, -0.2) is 17.6 Å². The number of hydrogen-bond donors (Lipinski definition) is 3. The average Bonchev–Trinajstić information content (AvgIpc) is 2.29. The maximum absolute atomic E-state index is 8.53. The van der Waals surface area contributed by atoms with Crippen LogP contribution < -0.4 is 11.1 Å². The molecule has 88 valence electrons. The molecule has 0 bridgehead atoms. The summed E-state index contributed by atoms with van der Waals surface area (Å²) in [7, 11) is 0. The van der Waals surface area contributed by atoms with Gasteiger partial charge in [-0.2, -0.15) is 0 Å². The molecule has 0 heterocycles. The normalized spacial score (nSPS) is 13.6. The fourth-order valence-corrected chi connectivity index (χ4v) is 1.65. The second-order valence-corrected chi connectivity index (χ2v) is 4.54. The number of nitrogens with one attached hydrogen (secondary N) is 1. The molecule has 0 amide bonds. The Morgan fingerprint density at radius 2 is 2.31 bits per heavy atom. The Balaban J connectivity index is 2.65. The lowest BCUT2D eigenvalue weighted by Crippen LogP contribution is -2.27. The van der Waals surface area contributed by atoms with Crippen LogP contribution in [0.2, 0.25) is 0 Å². The predicted octanol–water partition coefficient (Wildman–Crippen LogP) is 2.55. The minimum atomic E-state index is -0.0163. The van der Waals surface area contributed by atoms with Crippen LogP contribution >= 0.6 is 15.9 Å². The van der Waals surface area contributed by atoms with E-state index in [1.807, 2.05) is 32.0 Å². The van der Waals surface area contributed by atoms with Crippen LogP contribution in [0.15, 0.2) is 27.8 Å². The van der Waals surface area contributed by atoms with Crippen LogP contribution in [0.1, 0.15) is 12.5 Å². The Morgan fingerprint density at radius 3 is 2.94 bits per heavy atom. The Bertz CT molecular complexity index is 393. The summed E-state index contributed by atoms with van der Waals surface area (Å²) in [6.45, 7) is 4.55. The first-order valence-electron chi connectivity index (χ1n) is 5.02. The number of nitrogens with two attached hydrogens (primary N) is 1. The highest BCUT2D eigenvalue weighted by Crippen LogP contribution is 2.25. The van der Waals surface area contributed by atoms with Gasteiger partial charge in [-0.15, -0.1) is 0 Å². The van der Waals surface area contributed by atoms with Gasteiger partial charge in [0.1, 0.15) is 5.84 Å². The maximum atomic E-state index is 8.53. The molecule has 0 spiro atoms. The molecule has 1 aromatic rings. The van der Waals surface area contributed by atoms with Gasteiger partial charge in [0.15, 0.2) is 0 Å². The summed E-state index contributed by atoms with van der Waals surface area (Å²) in [5.41, 5.74) is 7.68. The lowest BCUT2D eigenvalue weighted by molar-refractivity contribution is 0.315. The van der Waals surface area contributed by atoms with E-state index < -0.39 is 0 Å². The third-order valence-corrected chi connectivity index (χ3v) is 3.46. The monoisotopic (exact) mass is 285 g/mol. The fourth-order valence-electron chi connectivity index (χ4n) is 1.25. The zero-order valence-corrected chi connectivity index (χ0v) is 11.0. The van der Waals surface area contributed by atoms with E-state index in [4.69, 9.17) is 10.9 Å². The number of aryl methyl sites for hydroxylation is 1. The predicted molar refractivity (Wildman–Crippen MR) is 69.9 cm³/mol. The summed E-state index contributed by atoms with van der Waals surface area (Å²) >= 11 is 3.51. The van der Waals surface area contributed by atoms with Gasteiger partial charge in [0.25, 0.3) is 0 Å². The number of halogens is 1. The topological polar surface area (TPSA) is 70.6 Å². The Hall–Kier alpha value is -1.23. The molecule has 16 heavy (non-hydrogen) atoms. The molecule has 0 aromatic heterocycles. The molecule has 0 aliphatic heterocycles. The van der Waals surface area contributed by atoms with Crippen LogP contribution in [0, 0.1) is 12.8 Å². The van der Waals surface area contributed by atoms with E-state index in [0.717, 1.165) is 10.2 Å². The molecule has 0 radical (unpaired) electrons. The van der Waals surface area contributed by atoms with E-state index in [1.54, 1.807) is 0 Å². The van der Waals surface area contributed by atoms with Crippen molar-refractivity contribution in [1.29, 1.82) is 0 Å². The van der Waals surface area contributed by atoms with Crippen molar-refractivity contribution >= 4 is 27.5 Å². The van der Waals surface area contributed by atoms with Crippen molar-refractivity contribution in [3.63, 3.8) is 0 Å². The standard InChI is InChI=1S/C11H16BrN3O/c1-7-4-3-5-9(10(7)12)14-6-8(2)11(13)15-16/h3-5,8,14,16H,6H2,1-2H3,(H2,13,15). The number of hydrogen-bond acceptors (Lipinski definition) is 3. The average molecular weight is 286 g/mol. The summed E-state index contributed by atoms with van der Waals surface area (Å²) in [6, 6.07) is 5.99. The van der Waals surface area contributed by atoms with Gasteiger partial charge in [0.05, 0.1) is 0 Å². The van der Waals surface area contributed by atoms with Crippen molar-refractivity contribution in [2.24, 2.45) is 16.8 Å². The first-order chi connectivity index (χ1) is 7.56. The molecule has 1 aromatic carbocycles. The van der Waals surface area contributed by atoms with Crippen LogP contribution in [0.5, 0.6) is 0 Å². The molecule has 0 saturated carbocycles. The zero-order valence-electron chi connectivity index (χ0n) is 9.37. The summed E-state index contributed by atoms with van der Waals surface area (Å²) in [6.07, 6.45) is 0. The molecule has 4 N–H and O–H groups in total. The number of oxime groups is 1. The minimum absolute atomic E-state index is 0.0163. The molecule has 0 aliphatic carbocycles. The third-order valence-electron chi connectivity index (χ3n) is 2.41. The molecule has 0 saturated heterocycles. The SMILES string of the molecule is Cc1cccc(NCC(C)/C(N)=N/O)c1Br. The number of amidine groups is 1. The van der Waals surface area contributed by atoms with Crippen molar-refractivity contribution in [2.45, 2.75) is 13.8 Å². The molecule has 0 aliphatic rings. The molecule has 1 unspecified atom stereocenters. The van der Waals surface area contributed by atoms with Crippen LogP contribution in [0.25, 0.3) is 0 Å². The lowest BCUT2D eigenvalue weighted by atomic mass is 10.1. The van der Waals surface area contributed by atoms with E-state index in [9.17, 15) is 0 Å². The molecular formula is C11H16BrN3O. The summed E-state index contributed by atoms with van der Waals surface area (Å²) in [4.78, 5) is 0. The molecule has 1 rings (SSSR count). The third kappa shape index (κ3) is 3.13. The van der Waals surface area contributed by atoms with E-state index in [0.29, 0.717) is 6.54 Å². The minimum Gasteiger partial charge on any atom is -0.409 e. The van der Waals surface area contributed by atoms with Crippen molar-refractivity contribution in [3.8, 4) is 0 Å². The van der Waals surface area contributed by atoms with Gasteiger partial charge < -0.3 is 16.3 Å². The van der Waals surface area contributed by atoms with Crippen LogP contribution in [-0.2, 0) is 0 Å². The molecule has 4 nitrogen and oxygen atoms in total. The summed E-state index contributed by atoms with van der Waals surface area (Å²) in [5, 5.41) is 14.8. The van der Waals surface area contributed by atoms with Gasteiger partial charge in [-0.25, -0.2) is 0 Å². The van der Waals surface area contributed by atoms with Gasteiger partial charge in [0, 0.05) is 22.6 Å². The Morgan fingerprint density at radius 1 is 1.62 bits per heavy atom. The van der Waals surface area contributed by atoms with E-state index >= 15 is 0 Å². The van der Waals surface area contributed by atoms with Crippen molar-refractivity contribution in [2.75, 3.05) is 11.9 Å².